The smallest absolute Gasteiger partial charge is 0.324 e. The number of carbonyl (C=O) groups is 2. The molecule has 0 unspecified atom stereocenters. The third kappa shape index (κ3) is 1.68. The van der Waals surface area contributed by atoms with Crippen molar-refractivity contribution in [3.05, 3.63) is 0 Å². The lowest BCUT2D eigenvalue weighted by Crippen LogP contribution is -2.41. The summed E-state index contributed by atoms with van der Waals surface area (Å²) in [4.78, 5) is 20.8. The minimum absolute atomic E-state index is 0.269. The molecule has 0 bridgehead atoms. The molecule has 5 heteroatoms. The van der Waals surface area contributed by atoms with Crippen LogP contribution in [0, 0.1) is 0 Å². The number of cyclic esters (lactones) is 1. The summed E-state index contributed by atoms with van der Waals surface area (Å²) in [6.45, 7) is 0. The van der Waals surface area contributed by atoms with Gasteiger partial charge in [-0.25, -0.2) is 0 Å². The van der Waals surface area contributed by atoms with E-state index in [9.17, 15) is 9.59 Å². The van der Waals surface area contributed by atoms with Crippen LogP contribution in [0.15, 0.2) is 0 Å². The molecule has 1 saturated heterocycles. The first-order chi connectivity index (χ1) is 5.11. The molecule has 0 amide bonds. The van der Waals surface area contributed by atoms with Crippen molar-refractivity contribution < 1.29 is 19.4 Å². The molecule has 1 aliphatic rings. The van der Waals surface area contributed by atoms with E-state index in [1.54, 1.807) is 0 Å². The maximum atomic E-state index is 10.5. The Kier molecular flexibility index (Phi) is 2.09. The highest BCUT2D eigenvalue weighted by molar-refractivity contribution is 5.77. The standard InChI is InChI=1S/C6H9NO4/c7-5(6(9)10)3-1-2-4(8)11-3/h3,5H,1-2,7H2,(H,9,10)/t3-,5+/m0/s1. The normalized spacial score (nSPS) is 26.3. The second kappa shape index (κ2) is 2.87. The van der Waals surface area contributed by atoms with Crippen LogP contribution in [0.4, 0.5) is 0 Å². The molecule has 0 radical (unpaired) electrons. The first-order valence-electron chi connectivity index (χ1n) is 3.29. The molecule has 1 aliphatic heterocycles. The van der Waals surface area contributed by atoms with Crippen LogP contribution in [0.2, 0.25) is 0 Å². The Balaban J connectivity index is 2.49. The third-order valence-corrected chi connectivity index (χ3v) is 1.60. The lowest BCUT2D eigenvalue weighted by atomic mass is 10.1. The van der Waals surface area contributed by atoms with Gasteiger partial charge in [0.15, 0.2) is 0 Å². The quantitative estimate of drug-likeness (QED) is 0.510. The van der Waals surface area contributed by atoms with Gasteiger partial charge in [0.1, 0.15) is 12.1 Å². The summed E-state index contributed by atoms with van der Waals surface area (Å²) in [5, 5.41) is 8.41. The summed E-state index contributed by atoms with van der Waals surface area (Å²) < 4.78 is 4.64. The lowest BCUT2D eigenvalue weighted by molar-refractivity contribution is -0.147. The summed E-state index contributed by atoms with van der Waals surface area (Å²) in [7, 11) is 0. The highest BCUT2D eigenvalue weighted by Crippen LogP contribution is 2.15. The van der Waals surface area contributed by atoms with Crippen molar-refractivity contribution in [1.29, 1.82) is 0 Å². The van der Waals surface area contributed by atoms with Crippen LogP contribution in [0.5, 0.6) is 0 Å². The zero-order valence-electron chi connectivity index (χ0n) is 5.82. The van der Waals surface area contributed by atoms with E-state index in [0.717, 1.165) is 0 Å². The molecule has 62 valence electrons. The Hall–Kier alpha value is -1.10. The lowest BCUT2D eigenvalue weighted by Gasteiger charge is -2.12. The summed E-state index contributed by atoms with van der Waals surface area (Å²) in [6.07, 6.45) is 0.0396. The Bertz CT molecular complexity index is 191. The molecule has 1 fully saturated rings. The van der Waals surface area contributed by atoms with Gasteiger partial charge in [0.05, 0.1) is 0 Å². The number of carbonyl (C=O) groups excluding carboxylic acids is 1. The van der Waals surface area contributed by atoms with Gasteiger partial charge in [0.25, 0.3) is 0 Å². The van der Waals surface area contributed by atoms with Crippen molar-refractivity contribution in [2.24, 2.45) is 5.73 Å². The second-order valence-electron chi connectivity index (χ2n) is 2.43. The summed E-state index contributed by atoms with van der Waals surface area (Å²) in [6, 6.07) is -1.08. The molecule has 0 spiro atoms. The van der Waals surface area contributed by atoms with Crippen molar-refractivity contribution in [2.45, 2.75) is 25.0 Å². The van der Waals surface area contributed by atoms with Crippen molar-refractivity contribution in [3.63, 3.8) is 0 Å². The monoisotopic (exact) mass is 159 g/mol. The highest BCUT2D eigenvalue weighted by atomic mass is 16.6. The zero-order chi connectivity index (χ0) is 8.43. The maximum Gasteiger partial charge on any atom is 0.324 e. The number of carboxylic acids is 1. The number of nitrogens with two attached hydrogens (primary N) is 1. The van der Waals surface area contributed by atoms with Crippen LogP contribution in [0.25, 0.3) is 0 Å². The molecule has 0 aromatic carbocycles. The van der Waals surface area contributed by atoms with Gasteiger partial charge in [0, 0.05) is 6.42 Å². The first-order valence-corrected chi connectivity index (χ1v) is 3.29. The van der Waals surface area contributed by atoms with E-state index in [2.05, 4.69) is 4.74 Å². The fourth-order valence-electron chi connectivity index (χ4n) is 0.959. The average Bonchev–Trinajstić information content (AvgIpc) is 2.34. The maximum absolute atomic E-state index is 10.5. The Morgan fingerprint density at radius 1 is 1.82 bits per heavy atom. The number of carboxylic acid groups (broad SMARTS) is 1. The van der Waals surface area contributed by atoms with Crippen LogP contribution in [0.1, 0.15) is 12.8 Å². The van der Waals surface area contributed by atoms with Crippen molar-refractivity contribution in [2.75, 3.05) is 0 Å². The molecule has 1 heterocycles. The zero-order valence-corrected chi connectivity index (χ0v) is 5.82. The fourth-order valence-corrected chi connectivity index (χ4v) is 0.959. The van der Waals surface area contributed by atoms with E-state index in [4.69, 9.17) is 10.8 Å². The topological polar surface area (TPSA) is 89.6 Å². The molecule has 5 nitrogen and oxygen atoms in total. The van der Waals surface area contributed by atoms with E-state index < -0.39 is 18.1 Å². The van der Waals surface area contributed by atoms with Crippen LogP contribution in [-0.2, 0) is 14.3 Å². The molecule has 0 aromatic rings. The molecule has 1 rings (SSSR count). The second-order valence-corrected chi connectivity index (χ2v) is 2.43. The third-order valence-electron chi connectivity index (χ3n) is 1.60. The predicted molar refractivity (Wildman–Crippen MR) is 34.7 cm³/mol. The van der Waals surface area contributed by atoms with Crippen LogP contribution in [-0.4, -0.2) is 29.2 Å². The van der Waals surface area contributed by atoms with Crippen molar-refractivity contribution in [1.82, 2.24) is 0 Å². The fraction of sp³-hybridized carbons (Fsp3) is 0.667. The van der Waals surface area contributed by atoms with E-state index in [1.165, 1.54) is 0 Å². The molecule has 0 saturated carbocycles. The molecule has 2 atom stereocenters. The minimum Gasteiger partial charge on any atom is -0.480 e. The summed E-state index contributed by atoms with van der Waals surface area (Å²) >= 11 is 0. The number of aliphatic carboxylic acids is 1. The number of hydrogen-bond acceptors (Lipinski definition) is 4. The molecule has 0 aromatic heterocycles. The van der Waals surface area contributed by atoms with Gasteiger partial charge in [-0.05, 0) is 6.42 Å². The number of hydrogen-bond donors (Lipinski definition) is 2. The van der Waals surface area contributed by atoms with Crippen LogP contribution in [0.3, 0.4) is 0 Å². The van der Waals surface area contributed by atoms with Gasteiger partial charge in [-0.2, -0.15) is 0 Å². The number of rotatable bonds is 2. The minimum atomic E-state index is -1.13. The Labute approximate surface area is 63.1 Å². The van der Waals surface area contributed by atoms with E-state index in [1.807, 2.05) is 0 Å². The first kappa shape index (κ1) is 8.00. The molecular formula is C6H9NO4. The van der Waals surface area contributed by atoms with Gasteiger partial charge in [-0.3, -0.25) is 9.59 Å². The molecule has 0 aliphatic carbocycles. The molecule has 11 heavy (non-hydrogen) atoms. The Morgan fingerprint density at radius 2 is 2.45 bits per heavy atom. The average molecular weight is 159 g/mol. The van der Waals surface area contributed by atoms with E-state index in [-0.39, 0.29) is 12.4 Å². The van der Waals surface area contributed by atoms with Crippen LogP contribution >= 0.6 is 0 Å². The van der Waals surface area contributed by atoms with Gasteiger partial charge >= 0.3 is 11.9 Å². The van der Waals surface area contributed by atoms with Crippen molar-refractivity contribution in [3.8, 4) is 0 Å². The number of esters is 1. The highest BCUT2D eigenvalue weighted by Gasteiger charge is 2.32. The van der Waals surface area contributed by atoms with Gasteiger partial charge < -0.3 is 15.6 Å². The molecular weight excluding hydrogens is 150 g/mol. The SMILES string of the molecule is N[C@@H](C(=O)O)[C@@H]1CCC(=O)O1. The van der Waals surface area contributed by atoms with Crippen molar-refractivity contribution >= 4 is 11.9 Å². The Morgan fingerprint density at radius 3 is 2.82 bits per heavy atom. The summed E-state index contributed by atoms with van der Waals surface area (Å²) in [5.41, 5.74) is 5.21. The number of ether oxygens (including phenoxy) is 1. The summed E-state index contributed by atoms with van der Waals surface area (Å²) in [5.74, 6) is -1.50. The van der Waals surface area contributed by atoms with E-state index in [0.29, 0.717) is 6.42 Å². The largest absolute Gasteiger partial charge is 0.480 e. The molecule has 3 N–H and O–H groups in total. The van der Waals surface area contributed by atoms with Gasteiger partial charge in [-0.15, -0.1) is 0 Å². The van der Waals surface area contributed by atoms with E-state index >= 15 is 0 Å². The van der Waals surface area contributed by atoms with Crippen LogP contribution < -0.4 is 5.73 Å². The predicted octanol–water partition coefficient (Wildman–Crippen LogP) is -0.896. The van der Waals surface area contributed by atoms with Gasteiger partial charge in [0.2, 0.25) is 0 Å². The van der Waals surface area contributed by atoms with Gasteiger partial charge in [-0.1, -0.05) is 0 Å².